The Morgan fingerprint density at radius 2 is 2.12 bits per heavy atom. The van der Waals surface area contributed by atoms with Crippen LogP contribution in [0.3, 0.4) is 0 Å². The van der Waals surface area contributed by atoms with Gasteiger partial charge in [-0.15, -0.1) is 12.4 Å². The Hall–Kier alpha value is 0.120. The standard InChI is InChI=1S/C10H20N2O3S.ClH/c1-8-4-12(5-10(8)11)16(13,14)7-9-2-3-15-6-9;/h8-10H,2-7,11H2,1H3;1H. The molecule has 2 saturated heterocycles. The topological polar surface area (TPSA) is 72.6 Å². The zero-order valence-corrected chi connectivity index (χ0v) is 11.7. The lowest BCUT2D eigenvalue weighted by molar-refractivity contribution is 0.188. The van der Waals surface area contributed by atoms with Crippen molar-refractivity contribution in [3.63, 3.8) is 0 Å². The van der Waals surface area contributed by atoms with Crippen LogP contribution in [-0.2, 0) is 14.8 Å². The Labute approximate surface area is 109 Å². The molecule has 0 saturated carbocycles. The van der Waals surface area contributed by atoms with Gasteiger partial charge in [0.15, 0.2) is 0 Å². The van der Waals surface area contributed by atoms with E-state index in [-0.39, 0.29) is 36.0 Å². The summed E-state index contributed by atoms with van der Waals surface area (Å²) in [5.41, 5.74) is 5.84. The predicted octanol–water partition coefficient (Wildman–Crippen LogP) is 0.0535. The van der Waals surface area contributed by atoms with E-state index in [0.717, 1.165) is 6.42 Å². The van der Waals surface area contributed by atoms with Crippen LogP contribution in [0.5, 0.6) is 0 Å². The molecule has 2 heterocycles. The summed E-state index contributed by atoms with van der Waals surface area (Å²) in [4.78, 5) is 0. The summed E-state index contributed by atoms with van der Waals surface area (Å²) >= 11 is 0. The summed E-state index contributed by atoms with van der Waals surface area (Å²) in [5.74, 6) is 0.638. The molecule has 0 aromatic heterocycles. The van der Waals surface area contributed by atoms with E-state index in [2.05, 4.69) is 0 Å². The van der Waals surface area contributed by atoms with Gasteiger partial charge in [-0.3, -0.25) is 0 Å². The predicted molar refractivity (Wildman–Crippen MR) is 68.7 cm³/mol. The molecular formula is C10H21ClN2O3S. The molecule has 0 spiro atoms. The molecule has 2 fully saturated rings. The van der Waals surface area contributed by atoms with Gasteiger partial charge in [0.25, 0.3) is 0 Å². The summed E-state index contributed by atoms with van der Waals surface area (Å²) < 4.78 is 30.9. The van der Waals surface area contributed by atoms with E-state index in [9.17, 15) is 8.42 Å². The minimum Gasteiger partial charge on any atom is -0.381 e. The molecule has 3 unspecified atom stereocenters. The molecule has 0 bridgehead atoms. The summed E-state index contributed by atoms with van der Waals surface area (Å²) in [6, 6.07) is -0.0189. The van der Waals surface area contributed by atoms with Crippen LogP contribution < -0.4 is 5.73 Å². The molecule has 2 aliphatic rings. The van der Waals surface area contributed by atoms with Crippen molar-refractivity contribution in [1.82, 2.24) is 4.31 Å². The van der Waals surface area contributed by atoms with E-state index in [1.807, 2.05) is 6.92 Å². The molecule has 3 atom stereocenters. The number of nitrogens with two attached hydrogens (primary N) is 1. The lowest BCUT2D eigenvalue weighted by Gasteiger charge is -2.18. The lowest BCUT2D eigenvalue weighted by Crippen LogP contribution is -2.35. The van der Waals surface area contributed by atoms with Gasteiger partial charge in [0.1, 0.15) is 0 Å². The fraction of sp³-hybridized carbons (Fsp3) is 1.00. The number of halogens is 1. The molecule has 17 heavy (non-hydrogen) atoms. The molecule has 0 amide bonds. The molecule has 2 aliphatic heterocycles. The molecule has 0 aliphatic carbocycles. The smallest absolute Gasteiger partial charge is 0.214 e. The number of nitrogens with zero attached hydrogens (tertiary/aromatic N) is 1. The molecule has 2 rings (SSSR count). The minimum absolute atomic E-state index is 0. The highest BCUT2D eigenvalue weighted by atomic mass is 35.5. The van der Waals surface area contributed by atoms with E-state index in [1.165, 1.54) is 0 Å². The summed E-state index contributed by atoms with van der Waals surface area (Å²) in [5, 5.41) is 0. The van der Waals surface area contributed by atoms with E-state index in [4.69, 9.17) is 10.5 Å². The van der Waals surface area contributed by atoms with Crippen LogP contribution in [0.1, 0.15) is 13.3 Å². The second kappa shape index (κ2) is 5.84. The molecule has 5 nitrogen and oxygen atoms in total. The highest BCUT2D eigenvalue weighted by Crippen LogP contribution is 2.22. The van der Waals surface area contributed by atoms with Crippen LogP contribution in [0.15, 0.2) is 0 Å². The van der Waals surface area contributed by atoms with Crippen molar-refractivity contribution in [2.45, 2.75) is 19.4 Å². The van der Waals surface area contributed by atoms with Gasteiger partial charge < -0.3 is 10.5 Å². The van der Waals surface area contributed by atoms with Gasteiger partial charge in [0.05, 0.1) is 12.4 Å². The Bertz CT molecular complexity index is 333. The fourth-order valence-corrected chi connectivity index (χ4v) is 4.22. The van der Waals surface area contributed by atoms with E-state index < -0.39 is 10.0 Å². The third kappa shape index (κ3) is 3.54. The zero-order valence-electron chi connectivity index (χ0n) is 10.0. The Morgan fingerprint density at radius 3 is 2.59 bits per heavy atom. The van der Waals surface area contributed by atoms with Crippen molar-refractivity contribution < 1.29 is 13.2 Å². The fourth-order valence-electron chi connectivity index (χ4n) is 2.29. The van der Waals surface area contributed by atoms with Crippen LogP contribution in [0, 0.1) is 11.8 Å². The van der Waals surface area contributed by atoms with E-state index in [0.29, 0.717) is 26.3 Å². The highest BCUT2D eigenvalue weighted by molar-refractivity contribution is 7.89. The number of rotatable bonds is 3. The van der Waals surface area contributed by atoms with Crippen molar-refractivity contribution in [1.29, 1.82) is 0 Å². The second-order valence-corrected chi connectivity index (χ2v) is 6.98. The maximum atomic E-state index is 12.1. The average molecular weight is 285 g/mol. The SMILES string of the molecule is CC1CN(S(=O)(=O)CC2CCOC2)CC1N.Cl. The van der Waals surface area contributed by atoms with Crippen molar-refractivity contribution in [2.75, 3.05) is 32.1 Å². The summed E-state index contributed by atoms with van der Waals surface area (Å²) in [6.45, 7) is 4.30. The van der Waals surface area contributed by atoms with Crippen LogP contribution in [0.25, 0.3) is 0 Å². The largest absolute Gasteiger partial charge is 0.381 e. The van der Waals surface area contributed by atoms with Crippen LogP contribution in [0.2, 0.25) is 0 Å². The number of sulfonamides is 1. The average Bonchev–Trinajstić information content (AvgIpc) is 2.78. The van der Waals surface area contributed by atoms with Gasteiger partial charge >= 0.3 is 0 Å². The van der Waals surface area contributed by atoms with Gasteiger partial charge in [-0.25, -0.2) is 12.7 Å². The quantitative estimate of drug-likeness (QED) is 0.795. The normalized spacial score (nSPS) is 34.8. The number of hydrogen-bond donors (Lipinski definition) is 1. The molecule has 7 heteroatoms. The van der Waals surface area contributed by atoms with Crippen LogP contribution in [0.4, 0.5) is 0 Å². The van der Waals surface area contributed by atoms with Gasteiger partial charge in [-0.05, 0) is 18.3 Å². The summed E-state index contributed by atoms with van der Waals surface area (Å²) in [6.07, 6.45) is 0.856. The third-order valence-electron chi connectivity index (χ3n) is 3.50. The van der Waals surface area contributed by atoms with Gasteiger partial charge in [0.2, 0.25) is 10.0 Å². The second-order valence-electron chi connectivity index (χ2n) is 4.97. The van der Waals surface area contributed by atoms with E-state index >= 15 is 0 Å². The molecular weight excluding hydrogens is 264 g/mol. The number of hydrogen-bond acceptors (Lipinski definition) is 4. The first kappa shape index (κ1) is 15.2. The zero-order chi connectivity index (χ0) is 11.8. The van der Waals surface area contributed by atoms with E-state index in [1.54, 1.807) is 4.31 Å². The minimum atomic E-state index is -3.14. The van der Waals surface area contributed by atoms with Gasteiger partial charge in [0, 0.05) is 25.7 Å². The third-order valence-corrected chi connectivity index (χ3v) is 5.48. The van der Waals surface area contributed by atoms with Gasteiger partial charge in [-0.2, -0.15) is 0 Å². The van der Waals surface area contributed by atoms with Crippen LogP contribution >= 0.6 is 12.4 Å². The first-order chi connectivity index (χ1) is 7.49. The molecule has 2 N–H and O–H groups in total. The monoisotopic (exact) mass is 284 g/mol. The van der Waals surface area contributed by atoms with Crippen LogP contribution in [-0.4, -0.2) is 50.8 Å². The van der Waals surface area contributed by atoms with Crippen molar-refractivity contribution in [3.8, 4) is 0 Å². The molecule has 0 radical (unpaired) electrons. The van der Waals surface area contributed by atoms with Gasteiger partial charge in [-0.1, -0.05) is 6.92 Å². The van der Waals surface area contributed by atoms with Crippen molar-refractivity contribution >= 4 is 22.4 Å². The first-order valence-corrected chi connectivity index (χ1v) is 7.41. The maximum absolute atomic E-state index is 12.1. The molecule has 0 aromatic carbocycles. The lowest BCUT2D eigenvalue weighted by atomic mass is 10.1. The Balaban J connectivity index is 0.00000144. The Kier molecular flexibility index (Phi) is 5.21. The Morgan fingerprint density at radius 1 is 1.41 bits per heavy atom. The summed E-state index contributed by atoms with van der Waals surface area (Å²) in [7, 11) is -3.14. The highest BCUT2D eigenvalue weighted by Gasteiger charge is 2.36. The van der Waals surface area contributed by atoms with Crippen molar-refractivity contribution in [3.05, 3.63) is 0 Å². The molecule has 102 valence electrons. The molecule has 0 aromatic rings. The first-order valence-electron chi connectivity index (χ1n) is 5.80. The number of ether oxygens (including phenoxy) is 1. The van der Waals surface area contributed by atoms with Crippen molar-refractivity contribution in [2.24, 2.45) is 17.6 Å². The maximum Gasteiger partial charge on any atom is 0.214 e.